The molecule has 150 valence electrons. The van der Waals surface area contributed by atoms with Gasteiger partial charge in [-0.15, -0.1) is 24.0 Å². The summed E-state index contributed by atoms with van der Waals surface area (Å²) in [6.45, 7) is 13.9. The zero-order chi connectivity index (χ0) is 18.2. The van der Waals surface area contributed by atoms with Gasteiger partial charge < -0.3 is 15.5 Å². The molecule has 0 atom stereocenters. The molecule has 0 amide bonds. The van der Waals surface area contributed by atoms with Crippen molar-refractivity contribution < 1.29 is 8.42 Å². The van der Waals surface area contributed by atoms with Crippen molar-refractivity contribution in [1.29, 1.82) is 0 Å². The number of nitrogens with one attached hydrogen (secondary N) is 2. The van der Waals surface area contributed by atoms with E-state index in [2.05, 4.69) is 27.4 Å². The van der Waals surface area contributed by atoms with Crippen molar-refractivity contribution in [1.82, 2.24) is 15.5 Å². The molecule has 0 aromatic carbocycles. The number of aliphatic imine (C=N–C) groups is 1. The standard InChI is InChI=1S/C17H36N4O2S.HI/c1-6-11-21-12-8-15(9-13-21)20-16(18-7-2)19-10-14-24(22,23)17(3,4)5;/h15H,6-14H2,1-5H3,(H2,18,19,20);1H. The second-order valence-electron chi connectivity index (χ2n) is 7.45. The lowest BCUT2D eigenvalue weighted by atomic mass is 10.1. The summed E-state index contributed by atoms with van der Waals surface area (Å²) in [5.74, 6) is 0.817. The quantitative estimate of drug-likeness (QED) is 0.327. The summed E-state index contributed by atoms with van der Waals surface area (Å²) in [7, 11) is -3.12. The number of rotatable bonds is 7. The maximum Gasteiger partial charge on any atom is 0.191 e. The Bertz CT molecular complexity index is 495. The Balaban J connectivity index is 0.00000576. The number of hydrogen-bond acceptors (Lipinski definition) is 4. The summed E-state index contributed by atoms with van der Waals surface area (Å²) in [6.07, 6.45) is 3.40. The normalized spacial score (nSPS) is 17.9. The SMILES string of the molecule is CCCN1CCC(NC(=NCCS(=O)(=O)C(C)(C)C)NCC)CC1.I. The molecule has 6 nitrogen and oxygen atoms in total. The first-order valence-electron chi connectivity index (χ1n) is 9.19. The smallest absolute Gasteiger partial charge is 0.191 e. The van der Waals surface area contributed by atoms with Gasteiger partial charge in [0.25, 0.3) is 0 Å². The molecule has 1 rings (SSSR count). The maximum atomic E-state index is 12.2. The maximum absolute atomic E-state index is 12.2. The van der Waals surface area contributed by atoms with E-state index in [1.807, 2.05) is 6.92 Å². The number of halogens is 1. The second kappa shape index (κ2) is 11.6. The summed E-state index contributed by atoms with van der Waals surface area (Å²) in [5, 5.41) is 6.68. The summed E-state index contributed by atoms with van der Waals surface area (Å²) < 4.78 is 23.6. The van der Waals surface area contributed by atoms with Crippen LogP contribution in [-0.4, -0.2) is 68.5 Å². The second-order valence-corrected chi connectivity index (χ2v) is 10.3. The molecule has 1 saturated heterocycles. The van der Waals surface area contributed by atoms with E-state index in [-0.39, 0.29) is 29.7 Å². The first-order chi connectivity index (χ1) is 11.2. The predicted octanol–water partition coefficient (Wildman–Crippen LogP) is 2.25. The first kappa shape index (κ1) is 24.9. The molecule has 0 saturated carbocycles. The van der Waals surface area contributed by atoms with Crippen LogP contribution in [-0.2, 0) is 9.84 Å². The third kappa shape index (κ3) is 8.90. The molecule has 1 fully saturated rings. The highest BCUT2D eigenvalue weighted by Gasteiger charge is 2.28. The zero-order valence-electron chi connectivity index (χ0n) is 16.5. The fourth-order valence-corrected chi connectivity index (χ4v) is 3.66. The summed E-state index contributed by atoms with van der Waals surface area (Å²) in [5.41, 5.74) is 0. The van der Waals surface area contributed by atoms with Gasteiger partial charge in [0.1, 0.15) is 0 Å². The topological polar surface area (TPSA) is 73.8 Å². The van der Waals surface area contributed by atoms with Crippen LogP contribution in [0.15, 0.2) is 4.99 Å². The van der Waals surface area contributed by atoms with Gasteiger partial charge in [-0.2, -0.15) is 0 Å². The number of hydrogen-bond donors (Lipinski definition) is 2. The van der Waals surface area contributed by atoms with Crippen molar-refractivity contribution in [3.05, 3.63) is 0 Å². The van der Waals surface area contributed by atoms with Crippen molar-refractivity contribution >= 4 is 39.8 Å². The highest BCUT2D eigenvalue weighted by atomic mass is 127. The third-order valence-electron chi connectivity index (χ3n) is 4.38. The van der Waals surface area contributed by atoms with Crippen LogP contribution in [0.4, 0.5) is 0 Å². The van der Waals surface area contributed by atoms with Crippen LogP contribution in [0.5, 0.6) is 0 Å². The molecule has 0 spiro atoms. The molecule has 0 aromatic heterocycles. The van der Waals surface area contributed by atoms with E-state index in [0.29, 0.717) is 12.6 Å². The Kier molecular flexibility index (Phi) is 11.5. The molecular formula is C17H37IN4O2S. The van der Waals surface area contributed by atoms with E-state index in [9.17, 15) is 8.42 Å². The summed E-state index contributed by atoms with van der Waals surface area (Å²) >= 11 is 0. The predicted molar refractivity (Wildman–Crippen MR) is 118 cm³/mol. The van der Waals surface area contributed by atoms with E-state index >= 15 is 0 Å². The lowest BCUT2D eigenvalue weighted by molar-refractivity contribution is 0.206. The molecular weight excluding hydrogens is 451 g/mol. The zero-order valence-corrected chi connectivity index (χ0v) is 19.6. The van der Waals surface area contributed by atoms with E-state index < -0.39 is 14.6 Å². The number of likely N-dealkylation sites (tertiary alicyclic amines) is 1. The molecule has 2 N–H and O–H groups in total. The number of nitrogens with zero attached hydrogens (tertiary/aromatic N) is 2. The van der Waals surface area contributed by atoms with Gasteiger partial charge in [-0.25, -0.2) is 8.42 Å². The van der Waals surface area contributed by atoms with Gasteiger partial charge in [-0.1, -0.05) is 6.92 Å². The van der Waals surface area contributed by atoms with Crippen molar-refractivity contribution in [2.45, 2.75) is 64.7 Å². The van der Waals surface area contributed by atoms with Crippen LogP contribution in [0.25, 0.3) is 0 Å². The Morgan fingerprint density at radius 1 is 1.20 bits per heavy atom. The van der Waals surface area contributed by atoms with Crippen molar-refractivity contribution in [2.24, 2.45) is 4.99 Å². The lowest BCUT2D eigenvalue weighted by Gasteiger charge is -2.32. The Morgan fingerprint density at radius 2 is 1.80 bits per heavy atom. The Labute approximate surface area is 171 Å². The molecule has 0 aliphatic carbocycles. The van der Waals surface area contributed by atoms with E-state index in [0.717, 1.165) is 38.4 Å². The van der Waals surface area contributed by atoms with Crippen LogP contribution >= 0.6 is 24.0 Å². The van der Waals surface area contributed by atoms with Gasteiger partial charge in [0, 0.05) is 25.7 Å². The fraction of sp³-hybridized carbons (Fsp3) is 0.941. The average molecular weight is 488 g/mol. The first-order valence-corrected chi connectivity index (χ1v) is 10.8. The van der Waals surface area contributed by atoms with Crippen molar-refractivity contribution in [2.75, 3.05) is 38.5 Å². The van der Waals surface area contributed by atoms with Crippen molar-refractivity contribution in [3.63, 3.8) is 0 Å². The minimum atomic E-state index is -3.12. The van der Waals surface area contributed by atoms with Crippen LogP contribution < -0.4 is 10.6 Å². The van der Waals surface area contributed by atoms with E-state index in [1.165, 1.54) is 13.0 Å². The number of guanidine groups is 1. The van der Waals surface area contributed by atoms with Gasteiger partial charge in [-0.3, -0.25) is 4.99 Å². The Hall–Kier alpha value is -0.0900. The van der Waals surface area contributed by atoms with Gasteiger partial charge >= 0.3 is 0 Å². The fourth-order valence-electron chi connectivity index (χ4n) is 2.71. The molecule has 1 aliphatic rings. The molecule has 8 heteroatoms. The van der Waals surface area contributed by atoms with E-state index in [1.54, 1.807) is 20.8 Å². The third-order valence-corrected chi connectivity index (χ3v) is 6.96. The molecule has 0 unspecified atom stereocenters. The minimum Gasteiger partial charge on any atom is -0.357 e. The van der Waals surface area contributed by atoms with Crippen molar-refractivity contribution in [3.8, 4) is 0 Å². The minimum absolute atomic E-state index is 0. The van der Waals surface area contributed by atoms with Crippen LogP contribution in [0.3, 0.4) is 0 Å². The molecule has 0 radical (unpaired) electrons. The average Bonchev–Trinajstić information content (AvgIpc) is 2.48. The highest BCUT2D eigenvalue weighted by molar-refractivity contribution is 14.0. The highest BCUT2D eigenvalue weighted by Crippen LogP contribution is 2.15. The largest absolute Gasteiger partial charge is 0.357 e. The Morgan fingerprint density at radius 3 is 2.28 bits per heavy atom. The number of sulfone groups is 1. The molecule has 0 bridgehead atoms. The number of piperidine rings is 1. The molecule has 25 heavy (non-hydrogen) atoms. The van der Waals surface area contributed by atoms with Gasteiger partial charge in [0.15, 0.2) is 15.8 Å². The van der Waals surface area contributed by atoms with Gasteiger partial charge in [0.2, 0.25) is 0 Å². The van der Waals surface area contributed by atoms with Gasteiger partial charge in [-0.05, 0) is 53.5 Å². The molecule has 0 aromatic rings. The van der Waals surface area contributed by atoms with Crippen LogP contribution in [0, 0.1) is 0 Å². The van der Waals surface area contributed by atoms with E-state index in [4.69, 9.17) is 0 Å². The monoisotopic (exact) mass is 488 g/mol. The lowest BCUT2D eigenvalue weighted by Crippen LogP contribution is -2.49. The molecule has 1 aliphatic heterocycles. The summed E-state index contributed by atoms with van der Waals surface area (Å²) in [4.78, 5) is 6.96. The van der Waals surface area contributed by atoms with Crippen LogP contribution in [0.1, 0.15) is 53.9 Å². The van der Waals surface area contributed by atoms with Gasteiger partial charge in [0.05, 0.1) is 17.0 Å². The molecule has 1 heterocycles. The summed E-state index contributed by atoms with van der Waals surface area (Å²) in [6, 6.07) is 0.412. The van der Waals surface area contributed by atoms with Crippen LogP contribution in [0.2, 0.25) is 0 Å².